The third kappa shape index (κ3) is 4.88. The molecule has 0 atom stereocenters. The van der Waals surface area contributed by atoms with Gasteiger partial charge in [-0.1, -0.05) is 0 Å². The zero-order chi connectivity index (χ0) is 23.4. The fourth-order valence-corrected chi connectivity index (χ4v) is 4.02. The Hall–Kier alpha value is -4.12. The molecule has 0 aliphatic heterocycles. The minimum absolute atomic E-state index is 0.0233. The Balaban J connectivity index is 1.67. The average Bonchev–Trinajstić information content (AvgIpc) is 2.80. The van der Waals surface area contributed by atoms with E-state index in [0.29, 0.717) is 22.4 Å². The van der Waals surface area contributed by atoms with Gasteiger partial charge in [-0.05, 0) is 56.3 Å². The third-order valence-electron chi connectivity index (χ3n) is 4.59. The summed E-state index contributed by atoms with van der Waals surface area (Å²) in [5.74, 6) is -0.550. The van der Waals surface area contributed by atoms with Gasteiger partial charge < -0.3 is 10.1 Å². The normalized spacial score (nSPS) is 11.2. The van der Waals surface area contributed by atoms with E-state index in [2.05, 4.69) is 30.0 Å². The number of esters is 1. The molecule has 0 saturated carbocycles. The van der Waals surface area contributed by atoms with E-state index in [1.807, 2.05) is 19.1 Å². The van der Waals surface area contributed by atoms with Gasteiger partial charge in [0.15, 0.2) is 5.65 Å². The van der Waals surface area contributed by atoms with Crippen LogP contribution in [0.4, 0.5) is 17.3 Å². The second kappa shape index (κ2) is 9.17. The van der Waals surface area contributed by atoms with Crippen LogP contribution in [0.25, 0.3) is 11.0 Å². The zero-order valence-electron chi connectivity index (χ0n) is 17.8. The van der Waals surface area contributed by atoms with Gasteiger partial charge in [0.05, 0.1) is 17.2 Å². The maximum absolute atomic E-state index is 12.6. The number of sulfonamides is 1. The molecule has 3 aromatic heterocycles. The quantitative estimate of drug-likeness (QED) is 0.394. The van der Waals surface area contributed by atoms with Crippen molar-refractivity contribution in [3.63, 3.8) is 0 Å². The van der Waals surface area contributed by atoms with Crippen molar-refractivity contribution in [3.05, 3.63) is 72.3 Å². The number of pyridine rings is 2. The van der Waals surface area contributed by atoms with Crippen LogP contribution < -0.4 is 10.0 Å². The molecule has 0 bridgehead atoms. The lowest BCUT2D eigenvalue weighted by molar-refractivity contribution is 0.0527. The van der Waals surface area contributed by atoms with Gasteiger partial charge >= 0.3 is 5.97 Å². The first kappa shape index (κ1) is 22.1. The van der Waals surface area contributed by atoms with E-state index in [1.54, 1.807) is 25.1 Å². The number of nitrogens with one attached hydrogen (secondary N) is 2. The second-order valence-electron chi connectivity index (χ2n) is 6.92. The monoisotopic (exact) mass is 464 g/mol. The number of aryl methyl sites for hydroxylation is 1. The van der Waals surface area contributed by atoms with Crippen LogP contribution in [0.2, 0.25) is 0 Å². The SMILES string of the molecule is CCOC(=O)c1cnc2nc(C)ccc2c1Nc1ccc(S(=O)(=O)Nc2ncccn2)cc1. The molecule has 0 aliphatic carbocycles. The van der Waals surface area contributed by atoms with Crippen LogP contribution in [0.3, 0.4) is 0 Å². The highest BCUT2D eigenvalue weighted by molar-refractivity contribution is 7.92. The highest BCUT2D eigenvalue weighted by Crippen LogP contribution is 2.30. The minimum Gasteiger partial charge on any atom is -0.462 e. The van der Waals surface area contributed by atoms with E-state index in [-0.39, 0.29) is 23.0 Å². The Morgan fingerprint density at radius 2 is 1.76 bits per heavy atom. The van der Waals surface area contributed by atoms with Crippen molar-refractivity contribution in [1.29, 1.82) is 0 Å². The Morgan fingerprint density at radius 1 is 1.03 bits per heavy atom. The zero-order valence-corrected chi connectivity index (χ0v) is 18.6. The van der Waals surface area contributed by atoms with Crippen LogP contribution in [0.1, 0.15) is 23.0 Å². The first-order valence-electron chi connectivity index (χ1n) is 9.98. The molecule has 3 heterocycles. The predicted octanol–water partition coefficient (Wildman–Crippen LogP) is 3.45. The Labute approximate surface area is 190 Å². The number of carbonyl (C=O) groups is 1. The summed E-state index contributed by atoms with van der Waals surface area (Å²) in [6.45, 7) is 3.78. The van der Waals surface area contributed by atoms with Crippen molar-refractivity contribution in [2.75, 3.05) is 16.6 Å². The van der Waals surface area contributed by atoms with E-state index in [0.717, 1.165) is 5.69 Å². The number of anilines is 3. The van der Waals surface area contributed by atoms with Crippen LogP contribution >= 0.6 is 0 Å². The molecule has 0 unspecified atom stereocenters. The van der Waals surface area contributed by atoms with Gasteiger partial charge in [0, 0.05) is 35.4 Å². The number of ether oxygens (including phenoxy) is 1. The van der Waals surface area contributed by atoms with Gasteiger partial charge in [0.2, 0.25) is 5.95 Å². The number of hydrogen-bond donors (Lipinski definition) is 2. The number of hydrogen-bond acceptors (Lipinski definition) is 9. The van der Waals surface area contributed by atoms with Gasteiger partial charge in [-0.25, -0.2) is 37.9 Å². The molecular weight excluding hydrogens is 444 g/mol. The molecule has 0 saturated heterocycles. The Bertz CT molecular complexity index is 1410. The molecule has 0 aliphatic rings. The number of aromatic nitrogens is 4. The maximum atomic E-state index is 12.6. The molecule has 1 aromatic carbocycles. The molecule has 168 valence electrons. The standard InChI is InChI=1S/C22H20N6O4S/c1-3-32-21(29)18-13-25-20-17(10-5-14(2)26-20)19(18)27-15-6-8-16(9-7-15)33(30,31)28-22-23-11-4-12-24-22/h4-13H,3H2,1-2H3,(H,23,24,28)(H,25,26,27). The van der Waals surface area contributed by atoms with Crippen LogP contribution in [0.15, 0.2) is 66.0 Å². The van der Waals surface area contributed by atoms with Crippen molar-refractivity contribution in [2.45, 2.75) is 18.7 Å². The summed E-state index contributed by atoms with van der Waals surface area (Å²) >= 11 is 0. The van der Waals surface area contributed by atoms with E-state index >= 15 is 0 Å². The first-order chi connectivity index (χ1) is 15.9. The molecule has 0 fully saturated rings. The van der Waals surface area contributed by atoms with Crippen molar-refractivity contribution in [3.8, 4) is 0 Å². The lowest BCUT2D eigenvalue weighted by atomic mass is 10.1. The highest BCUT2D eigenvalue weighted by Gasteiger charge is 2.19. The Morgan fingerprint density at radius 3 is 2.45 bits per heavy atom. The lowest BCUT2D eigenvalue weighted by Crippen LogP contribution is -2.14. The largest absolute Gasteiger partial charge is 0.462 e. The highest BCUT2D eigenvalue weighted by atomic mass is 32.2. The molecule has 0 spiro atoms. The summed E-state index contributed by atoms with van der Waals surface area (Å²) in [5.41, 5.74) is 2.53. The average molecular weight is 465 g/mol. The topological polar surface area (TPSA) is 136 Å². The fourth-order valence-electron chi connectivity index (χ4n) is 3.06. The Kier molecular flexibility index (Phi) is 6.13. The second-order valence-corrected chi connectivity index (χ2v) is 8.60. The third-order valence-corrected chi connectivity index (χ3v) is 5.93. The maximum Gasteiger partial charge on any atom is 0.341 e. The molecule has 0 radical (unpaired) electrons. The van der Waals surface area contributed by atoms with E-state index in [9.17, 15) is 13.2 Å². The lowest BCUT2D eigenvalue weighted by Gasteiger charge is -2.14. The van der Waals surface area contributed by atoms with E-state index in [1.165, 1.54) is 30.7 Å². The van der Waals surface area contributed by atoms with Crippen LogP contribution in [0.5, 0.6) is 0 Å². The van der Waals surface area contributed by atoms with E-state index < -0.39 is 16.0 Å². The molecule has 10 nitrogen and oxygen atoms in total. The van der Waals surface area contributed by atoms with Crippen molar-refractivity contribution in [1.82, 2.24) is 19.9 Å². The molecular formula is C22H20N6O4S. The van der Waals surface area contributed by atoms with E-state index in [4.69, 9.17) is 4.74 Å². The summed E-state index contributed by atoms with van der Waals surface area (Å²) < 4.78 is 32.7. The van der Waals surface area contributed by atoms with Crippen molar-refractivity contribution >= 4 is 44.3 Å². The summed E-state index contributed by atoms with van der Waals surface area (Å²) in [6.07, 6.45) is 4.29. The molecule has 0 amide bonds. The van der Waals surface area contributed by atoms with Crippen LogP contribution in [-0.2, 0) is 14.8 Å². The van der Waals surface area contributed by atoms with Gasteiger partial charge in [0.25, 0.3) is 10.0 Å². The van der Waals surface area contributed by atoms with Crippen molar-refractivity contribution in [2.24, 2.45) is 0 Å². The van der Waals surface area contributed by atoms with Gasteiger partial charge in [-0.3, -0.25) is 0 Å². The summed E-state index contributed by atoms with van der Waals surface area (Å²) in [4.78, 5) is 29.0. The van der Waals surface area contributed by atoms with Crippen LogP contribution in [-0.4, -0.2) is 40.9 Å². The molecule has 11 heteroatoms. The summed E-state index contributed by atoms with van der Waals surface area (Å²) in [7, 11) is -3.87. The minimum atomic E-state index is -3.87. The fraction of sp³-hybridized carbons (Fsp3) is 0.136. The number of fused-ring (bicyclic) bond motifs is 1. The number of rotatable bonds is 7. The number of carbonyl (C=O) groups excluding carboxylic acids is 1. The van der Waals surface area contributed by atoms with Crippen molar-refractivity contribution < 1.29 is 17.9 Å². The summed E-state index contributed by atoms with van der Waals surface area (Å²) in [6, 6.07) is 11.3. The number of nitrogens with zero attached hydrogens (tertiary/aromatic N) is 4. The van der Waals surface area contributed by atoms with Crippen LogP contribution in [0, 0.1) is 6.92 Å². The molecule has 33 heavy (non-hydrogen) atoms. The van der Waals surface area contributed by atoms with Gasteiger partial charge in [-0.15, -0.1) is 0 Å². The van der Waals surface area contributed by atoms with Gasteiger partial charge in [0.1, 0.15) is 5.56 Å². The first-order valence-corrected chi connectivity index (χ1v) is 11.5. The predicted molar refractivity (Wildman–Crippen MR) is 123 cm³/mol. The number of benzene rings is 1. The summed E-state index contributed by atoms with van der Waals surface area (Å²) in [5, 5.41) is 3.81. The molecule has 2 N–H and O–H groups in total. The molecule has 4 aromatic rings. The molecule has 4 rings (SSSR count). The van der Waals surface area contributed by atoms with Gasteiger partial charge in [-0.2, -0.15) is 0 Å². The smallest absolute Gasteiger partial charge is 0.341 e.